The summed E-state index contributed by atoms with van der Waals surface area (Å²) in [5, 5.41) is 5.48. The van der Waals surface area contributed by atoms with Gasteiger partial charge in [-0.3, -0.25) is 4.79 Å². The normalized spacial score (nSPS) is 20.4. The zero-order valence-corrected chi connectivity index (χ0v) is 15.5. The molecule has 7 heteroatoms. The number of hydrogen-bond acceptors (Lipinski definition) is 4. The predicted molar refractivity (Wildman–Crippen MR) is 98.1 cm³/mol. The van der Waals surface area contributed by atoms with Crippen LogP contribution in [0, 0.1) is 0 Å². The zero-order chi connectivity index (χ0) is 15.8. The third kappa shape index (κ3) is 2.98. The van der Waals surface area contributed by atoms with Crippen molar-refractivity contribution < 1.29 is 4.79 Å². The van der Waals surface area contributed by atoms with E-state index in [1.54, 1.807) is 17.5 Å². The number of halogens is 1. The summed E-state index contributed by atoms with van der Waals surface area (Å²) in [4.78, 5) is 21.1. The fourth-order valence-electron chi connectivity index (χ4n) is 3.70. The Bertz CT molecular complexity index is 726. The Hall–Kier alpha value is -1.37. The van der Waals surface area contributed by atoms with Gasteiger partial charge in [-0.25, -0.2) is 4.98 Å². The van der Waals surface area contributed by atoms with Gasteiger partial charge in [-0.05, 0) is 31.2 Å². The summed E-state index contributed by atoms with van der Waals surface area (Å²) >= 11 is 1.76. The van der Waals surface area contributed by atoms with Crippen LogP contribution < -0.4 is 5.32 Å². The summed E-state index contributed by atoms with van der Waals surface area (Å²) in [6.07, 6.45) is 8.40. The highest BCUT2D eigenvalue weighted by Crippen LogP contribution is 2.32. The molecule has 2 aromatic heterocycles. The fraction of sp³-hybridized carbons (Fsp3) is 0.529. The first kappa shape index (κ1) is 17.5. The van der Waals surface area contributed by atoms with Crippen molar-refractivity contribution in [2.75, 3.05) is 19.6 Å². The monoisotopic (exact) mass is 366 g/mol. The number of piperazine rings is 1. The maximum Gasteiger partial charge on any atom is 0.255 e. The number of imidazole rings is 1. The molecule has 2 aromatic rings. The van der Waals surface area contributed by atoms with Gasteiger partial charge in [0.05, 0.1) is 5.56 Å². The van der Waals surface area contributed by atoms with Crippen LogP contribution >= 0.6 is 23.7 Å². The molecular formula is C17H23ClN4OS. The average molecular weight is 367 g/mol. The quantitative estimate of drug-likeness (QED) is 0.888. The topological polar surface area (TPSA) is 50.2 Å². The van der Waals surface area contributed by atoms with Crippen molar-refractivity contribution in [1.82, 2.24) is 19.8 Å². The Labute approximate surface area is 152 Å². The summed E-state index contributed by atoms with van der Waals surface area (Å²) in [5.74, 6) is 1.13. The number of carbonyl (C=O) groups is 1. The number of fused-ring (bicyclic) bond motifs is 1. The van der Waals surface area contributed by atoms with Gasteiger partial charge < -0.3 is 14.8 Å². The smallest absolute Gasteiger partial charge is 0.255 e. The SMILES string of the molecule is Cl.Cn1ccnc1C1CNCCN1C(=O)c1csc2c1CCCC2. The molecule has 0 spiro atoms. The second kappa shape index (κ2) is 7.25. The van der Waals surface area contributed by atoms with Crippen LogP contribution in [0.3, 0.4) is 0 Å². The van der Waals surface area contributed by atoms with Gasteiger partial charge in [0.25, 0.3) is 5.91 Å². The molecule has 5 nitrogen and oxygen atoms in total. The highest BCUT2D eigenvalue weighted by atomic mass is 35.5. The predicted octanol–water partition coefficient (Wildman–Crippen LogP) is 2.57. The van der Waals surface area contributed by atoms with Crippen LogP contribution in [0.25, 0.3) is 0 Å². The van der Waals surface area contributed by atoms with Crippen LogP contribution in [0.5, 0.6) is 0 Å². The van der Waals surface area contributed by atoms with Crippen molar-refractivity contribution in [3.8, 4) is 0 Å². The average Bonchev–Trinajstić information content (AvgIpc) is 3.20. The standard InChI is InChI=1S/C17H22N4OS.ClH/c1-20-8-7-19-16(20)14-10-18-6-9-21(14)17(22)13-11-23-15-5-3-2-4-12(13)15;/h7-8,11,14,18H,2-6,9-10H2,1H3;1H. The van der Waals surface area contributed by atoms with Crippen molar-refractivity contribution >= 4 is 29.7 Å². The summed E-state index contributed by atoms with van der Waals surface area (Å²) in [7, 11) is 1.99. The van der Waals surface area contributed by atoms with Gasteiger partial charge >= 0.3 is 0 Å². The molecule has 0 radical (unpaired) electrons. The lowest BCUT2D eigenvalue weighted by molar-refractivity contribution is 0.0620. The lowest BCUT2D eigenvalue weighted by atomic mass is 9.95. The van der Waals surface area contributed by atoms with E-state index in [0.29, 0.717) is 0 Å². The molecule has 1 unspecified atom stereocenters. The summed E-state index contributed by atoms with van der Waals surface area (Å²) in [6.45, 7) is 2.35. The van der Waals surface area contributed by atoms with E-state index in [0.717, 1.165) is 43.9 Å². The van der Waals surface area contributed by atoms with Gasteiger partial charge in [-0.1, -0.05) is 0 Å². The van der Waals surface area contributed by atoms with Crippen LogP contribution in [0.4, 0.5) is 0 Å². The molecule has 1 aliphatic heterocycles. The highest BCUT2D eigenvalue weighted by molar-refractivity contribution is 7.10. The number of rotatable bonds is 2. The third-order valence-electron chi connectivity index (χ3n) is 4.95. The lowest BCUT2D eigenvalue weighted by Gasteiger charge is -2.36. The molecule has 0 aromatic carbocycles. The van der Waals surface area contributed by atoms with Gasteiger partial charge in [0.1, 0.15) is 11.9 Å². The maximum absolute atomic E-state index is 13.2. The first-order valence-electron chi connectivity index (χ1n) is 8.34. The number of thiophene rings is 1. The molecule has 1 saturated heterocycles. The number of amides is 1. The van der Waals surface area contributed by atoms with E-state index in [1.165, 1.54) is 23.3 Å². The molecule has 0 bridgehead atoms. The highest BCUT2D eigenvalue weighted by Gasteiger charge is 2.33. The molecule has 2 aliphatic rings. The van der Waals surface area contributed by atoms with Gasteiger partial charge in [-0.2, -0.15) is 0 Å². The number of nitrogens with zero attached hydrogens (tertiary/aromatic N) is 3. The molecule has 3 heterocycles. The minimum atomic E-state index is 0. The number of aromatic nitrogens is 2. The Morgan fingerprint density at radius 2 is 2.21 bits per heavy atom. The zero-order valence-electron chi connectivity index (χ0n) is 13.8. The van der Waals surface area contributed by atoms with Crippen molar-refractivity contribution in [1.29, 1.82) is 0 Å². The molecule has 1 amide bonds. The Balaban J connectivity index is 0.00000169. The number of hydrogen-bond donors (Lipinski definition) is 1. The fourth-order valence-corrected chi connectivity index (χ4v) is 4.82. The lowest BCUT2D eigenvalue weighted by Crippen LogP contribution is -2.49. The molecule has 1 aliphatic carbocycles. The van der Waals surface area contributed by atoms with E-state index in [1.807, 2.05) is 22.7 Å². The Kier molecular flexibility index (Phi) is 5.27. The van der Waals surface area contributed by atoms with E-state index < -0.39 is 0 Å². The first-order chi connectivity index (χ1) is 11.3. The molecule has 24 heavy (non-hydrogen) atoms. The van der Waals surface area contributed by atoms with E-state index in [2.05, 4.69) is 15.7 Å². The second-order valence-electron chi connectivity index (χ2n) is 6.37. The van der Waals surface area contributed by atoms with Crippen LogP contribution in [0.15, 0.2) is 17.8 Å². The third-order valence-corrected chi connectivity index (χ3v) is 6.04. The molecule has 4 rings (SSSR count). The Morgan fingerprint density at radius 3 is 3.00 bits per heavy atom. The van der Waals surface area contributed by atoms with Crippen LogP contribution in [0.2, 0.25) is 0 Å². The number of nitrogens with one attached hydrogen (secondary N) is 1. The van der Waals surface area contributed by atoms with E-state index in [4.69, 9.17) is 0 Å². The summed E-state index contributed by atoms with van der Waals surface area (Å²) in [6, 6.07) is 0.00962. The van der Waals surface area contributed by atoms with Crippen molar-refractivity contribution in [3.63, 3.8) is 0 Å². The minimum Gasteiger partial charge on any atom is -0.336 e. The van der Waals surface area contributed by atoms with Gasteiger partial charge in [0.2, 0.25) is 0 Å². The summed E-state index contributed by atoms with van der Waals surface area (Å²) < 4.78 is 2.01. The van der Waals surface area contributed by atoms with Crippen LogP contribution in [0.1, 0.15) is 45.5 Å². The second-order valence-corrected chi connectivity index (χ2v) is 7.34. The van der Waals surface area contributed by atoms with Crippen LogP contribution in [-0.4, -0.2) is 40.0 Å². The molecule has 1 atom stereocenters. The van der Waals surface area contributed by atoms with Gasteiger partial charge in [-0.15, -0.1) is 23.7 Å². The number of carbonyl (C=O) groups excluding carboxylic acids is 1. The van der Waals surface area contributed by atoms with Gasteiger partial charge in [0, 0.05) is 49.3 Å². The summed E-state index contributed by atoms with van der Waals surface area (Å²) in [5.41, 5.74) is 2.24. The number of aryl methyl sites for hydroxylation is 2. The molecule has 1 N–H and O–H groups in total. The maximum atomic E-state index is 13.2. The van der Waals surface area contributed by atoms with E-state index in [-0.39, 0.29) is 24.4 Å². The molecule has 130 valence electrons. The van der Waals surface area contributed by atoms with E-state index >= 15 is 0 Å². The first-order valence-corrected chi connectivity index (χ1v) is 9.22. The molecule has 0 saturated carbocycles. The van der Waals surface area contributed by atoms with Crippen molar-refractivity contribution in [2.45, 2.75) is 31.7 Å². The molecular weight excluding hydrogens is 344 g/mol. The van der Waals surface area contributed by atoms with Gasteiger partial charge in [0.15, 0.2) is 0 Å². The largest absolute Gasteiger partial charge is 0.336 e. The molecule has 1 fully saturated rings. The van der Waals surface area contributed by atoms with Crippen molar-refractivity contribution in [3.05, 3.63) is 39.6 Å². The van der Waals surface area contributed by atoms with Crippen LogP contribution in [-0.2, 0) is 19.9 Å². The Morgan fingerprint density at radius 1 is 1.38 bits per heavy atom. The minimum absolute atomic E-state index is 0. The van der Waals surface area contributed by atoms with E-state index in [9.17, 15) is 4.79 Å². The van der Waals surface area contributed by atoms with Crippen molar-refractivity contribution in [2.24, 2.45) is 7.05 Å².